The number of aryl methyl sites for hydroxylation is 2. The van der Waals surface area contributed by atoms with Crippen molar-refractivity contribution in [2.45, 2.75) is 27.7 Å². The first-order valence-electron chi connectivity index (χ1n) is 12.0. The SMILES string of the molecule is [2H]C([2H])([2H])Oc1cc(-c2c(C(=O)O)[nH]c(C)c2-c2ccc([N+](=O)[O-])cc2C)ccc1C(=O)NCC(C)C. The van der Waals surface area contributed by atoms with E-state index in [-0.39, 0.29) is 39.7 Å². The minimum Gasteiger partial charge on any atom is -0.496 e. The highest BCUT2D eigenvalue weighted by Crippen LogP contribution is 2.41. The summed E-state index contributed by atoms with van der Waals surface area (Å²) in [6.45, 7) is 7.51. The number of carboxylic acids is 1. The lowest BCUT2D eigenvalue weighted by molar-refractivity contribution is -0.384. The van der Waals surface area contributed by atoms with Crippen molar-refractivity contribution in [2.24, 2.45) is 5.92 Å². The summed E-state index contributed by atoms with van der Waals surface area (Å²) >= 11 is 0. The summed E-state index contributed by atoms with van der Waals surface area (Å²) in [7, 11) is -2.87. The fourth-order valence-corrected chi connectivity index (χ4v) is 3.79. The Balaban J connectivity index is 2.25. The number of amides is 1. The van der Waals surface area contributed by atoms with Gasteiger partial charge in [0.05, 0.1) is 21.6 Å². The van der Waals surface area contributed by atoms with Crippen LogP contribution in [0.1, 0.15) is 50.1 Å². The van der Waals surface area contributed by atoms with E-state index < -0.39 is 23.8 Å². The number of hydrogen-bond donors (Lipinski definition) is 3. The second kappa shape index (κ2) is 9.78. The second-order valence-electron chi connectivity index (χ2n) is 8.35. The average Bonchev–Trinajstić information content (AvgIpc) is 3.13. The molecule has 1 aromatic heterocycles. The van der Waals surface area contributed by atoms with Crippen LogP contribution in [0.15, 0.2) is 36.4 Å². The minimum absolute atomic E-state index is 0.0160. The number of carbonyl (C=O) groups excluding carboxylic acids is 1. The lowest BCUT2D eigenvalue weighted by Gasteiger charge is -2.14. The van der Waals surface area contributed by atoms with Crippen LogP contribution in [0.3, 0.4) is 0 Å². The fraction of sp³-hybridized carbons (Fsp3) is 0.280. The maximum atomic E-state index is 12.8. The van der Waals surface area contributed by atoms with Gasteiger partial charge in [0.15, 0.2) is 0 Å². The molecule has 0 radical (unpaired) electrons. The molecule has 0 aliphatic carbocycles. The number of nitrogens with one attached hydrogen (secondary N) is 2. The first kappa shape index (κ1) is 20.5. The molecule has 0 unspecified atom stereocenters. The van der Waals surface area contributed by atoms with Crippen molar-refractivity contribution < 1.29 is 28.5 Å². The van der Waals surface area contributed by atoms with Crippen molar-refractivity contribution in [2.75, 3.05) is 13.6 Å². The molecule has 2 aromatic carbocycles. The van der Waals surface area contributed by atoms with Crippen molar-refractivity contribution in [3.8, 4) is 28.0 Å². The molecule has 0 spiro atoms. The van der Waals surface area contributed by atoms with Gasteiger partial charge in [0.25, 0.3) is 11.6 Å². The highest BCUT2D eigenvalue weighted by Gasteiger charge is 2.25. The predicted molar refractivity (Wildman–Crippen MR) is 128 cm³/mol. The first-order chi connectivity index (χ1) is 17.2. The van der Waals surface area contributed by atoms with Crippen molar-refractivity contribution in [1.29, 1.82) is 0 Å². The Morgan fingerprint density at radius 2 is 1.94 bits per heavy atom. The Kier molecular flexibility index (Phi) is 5.89. The Bertz CT molecular complexity index is 1380. The maximum absolute atomic E-state index is 12.8. The summed E-state index contributed by atoms with van der Waals surface area (Å²) in [5, 5.41) is 23.8. The number of carbonyl (C=O) groups is 2. The van der Waals surface area contributed by atoms with E-state index in [0.717, 1.165) is 0 Å². The molecule has 0 aliphatic heterocycles. The fourth-order valence-electron chi connectivity index (χ4n) is 3.79. The zero-order chi connectivity index (χ0) is 27.7. The number of hydrogen-bond acceptors (Lipinski definition) is 5. The summed E-state index contributed by atoms with van der Waals surface area (Å²) in [4.78, 5) is 38.5. The molecule has 3 rings (SSSR count). The van der Waals surface area contributed by atoms with Gasteiger partial charge < -0.3 is 20.1 Å². The van der Waals surface area contributed by atoms with Crippen molar-refractivity contribution in [3.05, 3.63) is 69.0 Å². The quantitative estimate of drug-likeness (QED) is 0.316. The smallest absolute Gasteiger partial charge is 0.352 e. The third kappa shape index (κ3) is 4.78. The first-order valence-corrected chi connectivity index (χ1v) is 10.5. The van der Waals surface area contributed by atoms with Crippen molar-refractivity contribution >= 4 is 17.6 Å². The molecule has 9 nitrogen and oxygen atoms in total. The lowest BCUT2D eigenvalue weighted by atomic mass is 9.91. The van der Waals surface area contributed by atoms with Gasteiger partial charge in [-0.1, -0.05) is 19.9 Å². The number of aromatic nitrogens is 1. The van der Waals surface area contributed by atoms with Crippen LogP contribution in [0.5, 0.6) is 5.75 Å². The third-order valence-electron chi connectivity index (χ3n) is 5.39. The zero-order valence-corrected chi connectivity index (χ0v) is 19.2. The normalized spacial score (nSPS) is 12.6. The number of benzene rings is 2. The second-order valence-corrected chi connectivity index (χ2v) is 8.35. The van der Waals surface area contributed by atoms with E-state index >= 15 is 0 Å². The molecule has 0 aliphatic rings. The largest absolute Gasteiger partial charge is 0.496 e. The number of H-pyrrole nitrogens is 1. The van der Waals surface area contributed by atoms with Gasteiger partial charge in [-0.05, 0) is 54.7 Å². The number of aromatic carboxylic acids is 1. The minimum atomic E-state index is -2.87. The van der Waals surface area contributed by atoms with Gasteiger partial charge in [0, 0.05) is 35.5 Å². The molecule has 0 atom stereocenters. The molecule has 34 heavy (non-hydrogen) atoms. The highest BCUT2D eigenvalue weighted by atomic mass is 16.6. The number of carboxylic acid groups (broad SMARTS) is 1. The Morgan fingerprint density at radius 3 is 2.53 bits per heavy atom. The number of aromatic amines is 1. The Labute approximate surface area is 201 Å². The van der Waals surface area contributed by atoms with Gasteiger partial charge in [-0.3, -0.25) is 14.9 Å². The van der Waals surface area contributed by atoms with Crippen LogP contribution in [0.4, 0.5) is 5.69 Å². The average molecular weight is 469 g/mol. The molecule has 3 aromatic rings. The van der Waals surface area contributed by atoms with E-state index in [1.54, 1.807) is 13.8 Å². The van der Waals surface area contributed by atoms with Crippen LogP contribution in [-0.2, 0) is 0 Å². The summed E-state index contributed by atoms with van der Waals surface area (Å²) < 4.78 is 27.8. The number of nitrogens with zero attached hydrogens (tertiary/aromatic N) is 1. The van der Waals surface area contributed by atoms with Crippen molar-refractivity contribution in [3.63, 3.8) is 0 Å². The van der Waals surface area contributed by atoms with Crippen LogP contribution >= 0.6 is 0 Å². The molecule has 0 saturated carbocycles. The predicted octanol–water partition coefficient (Wildman–Crippen LogP) is 4.97. The van der Waals surface area contributed by atoms with Crippen LogP contribution < -0.4 is 10.1 Å². The molecule has 3 N–H and O–H groups in total. The van der Waals surface area contributed by atoms with Gasteiger partial charge >= 0.3 is 5.97 Å². The van der Waals surface area contributed by atoms with Crippen LogP contribution in [-0.4, -0.2) is 40.5 Å². The van der Waals surface area contributed by atoms with E-state index in [0.29, 0.717) is 28.9 Å². The molecule has 1 heterocycles. The van der Waals surface area contributed by atoms with E-state index in [9.17, 15) is 24.8 Å². The number of nitro benzene ring substituents is 1. The molecular formula is C25H27N3O6. The van der Waals surface area contributed by atoms with Crippen molar-refractivity contribution in [1.82, 2.24) is 10.3 Å². The molecule has 9 heteroatoms. The summed E-state index contributed by atoms with van der Waals surface area (Å²) in [5.41, 5.74) is 2.28. The maximum Gasteiger partial charge on any atom is 0.352 e. The molecule has 0 fully saturated rings. The number of methoxy groups -OCH3 is 1. The zero-order valence-electron chi connectivity index (χ0n) is 22.2. The Morgan fingerprint density at radius 1 is 1.21 bits per heavy atom. The summed E-state index contributed by atoms with van der Waals surface area (Å²) in [6, 6.07) is 8.45. The van der Waals surface area contributed by atoms with Gasteiger partial charge in [-0.2, -0.15) is 0 Å². The van der Waals surface area contributed by atoms with Crippen LogP contribution in [0.25, 0.3) is 22.3 Å². The molecule has 178 valence electrons. The van der Waals surface area contributed by atoms with E-state index in [1.807, 2.05) is 13.8 Å². The van der Waals surface area contributed by atoms with E-state index in [2.05, 4.69) is 10.3 Å². The van der Waals surface area contributed by atoms with E-state index in [1.165, 1.54) is 36.4 Å². The van der Waals surface area contributed by atoms with Gasteiger partial charge in [0.1, 0.15) is 11.4 Å². The lowest BCUT2D eigenvalue weighted by Crippen LogP contribution is -2.27. The highest BCUT2D eigenvalue weighted by molar-refractivity contribution is 6.03. The number of non-ortho nitro benzene ring substituents is 1. The van der Waals surface area contributed by atoms with Crippen LogP contribution in [0.2, 0.25) is 0 Å². The monoisotopic (exact) mass is 468 g/mol. The topological polar surface area (TPSA) is 135 Å². The summed E-state index contributed by atoms with van der Waals surface area (Å²) in [6.07, 6.45) is 0. The molecule has 0 bridgehead atoms. The third-order valence-corrected chi connectivity index (χ3v) is 5.39. The Hall–Kier alpha value is -4.14. The van der Waals surface area contributed by atoms with E-state index in [4.69, 9.17) is 8.85 Å². The van der Waals surface area contributed by atoms with Gasteiger partial charge in [0.2, 0.25) is 0 Å². The molecule has 0 saturated heterocycles. The van der Waals surface area contributed by atoms with Crippen LogP contribution in [0, 0.1) is 29.9 Å². The van der Waals surface area contributed by atoms with Gasteiger partial charge in [-0.25, -0.2) is 4.79 Å². The molecular weight excluding hydrogens is 438 g/mol. The molecule has 1 amide bonds. The number of nitro groups is 1. The number of ether oxygens (including phenoxy) is 1. The number of rotatable bonds is 8. The summed E-state index contributed by atoms with van der Waals surface area (Å²) in [5.74, 6) is -1.88. The van der Waals surface area contributed by atoms with Gasteiger partial charge in [-0.15, -0.1) is 0 Å². The standard InChI is InChI=1S/C25H27N3O6/c1-13(2)12-26-24(29)19-8-6-16(11-20(19)34-5)22-21(15(4)27-23(22)25(30)31)18-9-7-17(28(32)33)10-14(18)3/h6-11,13,27H,12H2,1-5H3,(H,26,29)(H,30,31)/i5D3.